The zero-order valence-electron chi connectivity index (χ0n) is 14.6. The summed E-state index contributed by atoms with van der Waals surface area (Å²) in [6.07, 6.45) is 3.26. The Labute approximate surface area is 151 Å². The van der Waals surface area contributed by atoms with Crippen LogP contribution in [0, 0.1) is 0 Å². The molecule has 1 aromatic heterocycles. The van der Waals surface area contributed by atoms with Gasteiger partial charge in [0.2, 0.25) is 0 Å². The van der Waals surface area contributed by atoms with Gasteiger partial charge in [0.15, 0.2) is 0 Å². The second-order valence-corrected chi connectivity index (χ2v) is 6.30. The van der Waals surface area contributed by atoms with Gasteiger partial charge < -0.3 is 14.7 Å². The van der Waals surface area contributed by atoms with Crippen molar-refractivity contribution in [2.24, 2.45) is 0 Å². The lowest BCUT2D eigenvalue weighted by molar-refractivity contribution is -0.138. The van der Waals surface area contributed by atoms with E-state index in [1.165, 1.54) is 0 Å². The molecule has 2 heterocycles. The van der Waals surface area contributed by atoms with Crippen LogP contribution in [0.15, 0.2) is 42.7 Å². The van der Waals surface area contributed by atoms with Crippen LogP contribution in [0.25, 0.3) is 5.69 Å². The van der Waals surface area contributed by atoms with Crippen molar-refractivity contribution < 1.29 is 19.4 Å². The minimum absolute atomic E-state index is 0.0596. The Bertz CT molecular complexity index is 762. The van der Waals surface area contributed by atoms with E-state index in [2.05, 4.69) is 5.10 Å². The van der Waals surface area contributed by atoms with Crippen LogP contribution in [0.1, 0.15) is 10.4 Å². The van der Waals surface area contributed by atoms with E-state index < -0.39 is 5.97 Å². The number of hydrogen-bond donors (Lipinski definition) is 1. The summed E-state index contributed by atoms with van der Waals surface area (Å²) in [6, 6.07) is 9.17. The maximum Gasteiger partial charge on any atom is 0.317 e. The van der Waals surface area contributed by atoms with Gasteiger partial charge in [0, 0.05) is 32.0 Å². The molecule has 2 aromatic rings. The Morgan fingerprint density at radius 3 is 2.88 bits per heavy atom. The van der Waals surface area contributed by atoms with Crippen LogP contribution in [-0.4, -0.2) is 82.5 Å². The van der Waals surface area contributed by atoms with E-state index in [4.69, 9.17) is 9.84 Å². The minimum atomic E-state index is -0.885. The van der Waals surface area contributed by atoms with Crippen molar-refractivity contribution in [1.82, 2.24) is 19.6 Å². The summed E-state index contributed by atoms with van der Waals surface area (Å²) in [5.74, 6) is -0.963. The largest absolute Gasteiger partial charge is 0.480 e. The molecule has 0 aliphatic carbocycles. The van der Waals surface area contributed by atoms with Crippen molar-refractivity contribution in [1.29, 1.82) is 0 Å². The molecule has 0 spiro atoms. The number of carboxylic acid groups (broad SMARTS) is 1. The van der Waals surface area contributed by atoms with Gasteiger partial charge in [0.05, 0.1) is 30.5 Å². The molecule has 3 rings (SSSR count). The van der Waals surface area contributed by atoms with Gasteiger partial charge in [-0.25, -0.2) is 4.68 Å². The predicted octanol–water partition coefficient (Wildman–Crippen LogP) is 0.730. The smallest absolute Gasteiger partial charge is 0.317 e. The lowest BCUT2D eigenvalue weighted by atomic mass is 10.1. The quantitative estimate of drug-likeness (QED) is 0.819. The highest BCUT2D eigenvalue weighted by Gasteiger charge is 2.27. The normalized spacial score (nSPS) is 17.5. The first-order valence-corrected chi connectivity index (χ1v) is 8.45. The van der Waals surface area contributed by atoms with E-state index in [1.54, 1.807) is 40.0 Å². The molecular formula is C18H22N4O4. The van der Waals surface area contributed by atoms with Crippen LogP contribution in [0.3, 0.4) is 0 Å². The number of hydrogen-bond acceptors (Lipinski definition) is 5. The van der Waals surface area contributed by atoms with E-state index in [0.717, 1.165) is 5.69 Å². The molecule has 1 aliphatic rings. The van der Waals surface area contributed by atoms with E-state index in [1.807, 2.05) is 24.3 Å². The fourth-order valence-electron chi connectivity index (χ4n) is 3.09. The molecule has 138 valence electrons. The summed E-state index contributed by atoms with van der Waals surface area (Å²) in [4.78, 5) is 27.3. The van der Waals surface area contributed by atoms with Gasteiger partial charge in [-0.05, 0) is 25.2 Å². The average molecular weight is 358 g/mol. The van der Waals surface area contributed by atoms with Crippen molar-refractivity contribution in [2.45, 2.75) is 6.10 Å². The van der Waals surface area contributed by atoms with Crippen molar-refractivity contribution in [2.75, 3.05) is 39.8 Å². The van der Waals surface area contributed by atoms with E-state index >= 15 is 0 Å². The minimum Gasteiger partial charge on any atom is -0.480 e. The SMILES string of the molecule is CN(CC(=O)O)CC1CN(C(=O)c2ccccc2-n2cccn2)CCO1. The number of aromatic nitrogens is 2. The Kier molecular flexibility index (Phi) is 5.65. The highest BCUT2D eigenvalue weighted by Crippen LogP contribution is 2.18. The van der Waals surface area contributed by atoms with Gasteiger partial charge in [-0.2, -0.15) is 5.10 Å². The van der Waals surface area contributed by atoms with Gasteiger partial charge in [-0.15, -0.1) is 0 Å². The van der Waals surface area contributed by atoms with Gasteiger partial charge in [0.25, 0.3) is 5.91 Å². The molecule has 1 amide bonds. The monoisotopic (exact) mass is 358 g/mol. The first kappa shape index (κ1) is 18.1. The number of ether oxygens (including phenoxy) is 1. The fourth-order valence-corrected chi connectivity index (χ4v) is 3.09. The van der Waals surface area contributed by atoms with Crippen LogP contribution < -0.4 is 0 Å². The van der Waals surface area contributed by atoms with Crippen molar-refractivity contribution in [3.63, 3.8) is 0 Å². The number of carbonyl (C=O) groups is 2. The highest BCUT2D eigenvalue weighted by molar-refractivity contribution is 5.97. The van der Waals surface area contributed by atoms with Crippen molar-refractivity contribution in [3.05, 3.63) is 48.3 Å². The predicted molar refractivity (Wildman–Crippen MR) is 94.3 cm³/mol. The van der Waals surface area contributed by atoms with Gasteiger partial charge in [-0.1, -0.05) is 12.1 Å². The van der Waals surface area contributed by atoms with Crippen LogP contribution in [0.4, 0.5) is 0 Å². The summed E-state index contributed by atoms with van der Waals surface area (Å²) in [5.41, 5.74) is 1.31. The topological polar surface area (TPSA) is 87.9 Å². The maximum absolute atomic E-state index is 13.0. The summed E-state index contributed by atoms with van der Waals surface area (Å²) in [5, 5.41) is 13.1. The lowest BCUT2D eigenvalue weighted by Crippen LogP contribution is -2.49. The number of nitrogens with zero attached hydrogens (tertiary/aromatic N) is 4. The third kappa shape index (κ3) is 4.27. The molecule has 1 unspecified atom stereocenters. The molecule has 1 atom stereocenters. The number of aliphatic carboxylic acids is 1. The number of carboxylic acids is 1. The second-order valence-electron chi connectivity index (χ2n) is 6.30. The molecule has 26 heavy (non-hydrogen) atoms. The Balaban J connectivity index is 1.71. The fraction of sp³-hybridized carbons (Fsp3) is 0.389. The number of morpholine rings is 1. The molecule has 0 saturated carbocycles. The van der Waals surface area contributed by atoms with E-state index in [9.17, 15) is 9.59 Å². The number of carbonyl (C=O) groups excluding carboxylic acids is 1. The van der Waals surface area contributed by atoms with Crippen LogP contribution in [-0.2, 0) is 9.53 Å². The standard InChI is InChI=1S/C18H22N4O4/c1-20(13-17(23)24)11-14-12-21(9-10-26-14)18(25)15-5-2-3-6-16(15)22-8-4-7-19-22/h2-8,14H,9-13H2,1H3,(H,23,24). The third-order valence-electron chi connectivity index (χ3n) is 4.23. The molecule has 0 radical (unpaired) electrons. The molecule has 8 nitrogen and oxygen atoms in total. The molecule has 8 heteroatoms. The van der Waals surface area contributed by atoms with E-state index in [0.29, 0.717) is 31.8 Å². The third-order valence-corrected chi connectivity index (χ3v) is 4.23. The van der Waals surface area contributed by atoms with Crippen molar-refractivity contribution in [3.8, 4) is 5.69 Å². The second kappa shape index (κ2) is 8.11. The maximum atomic E-state index is 13.0. The molecule has 1 N–H and O–H groups in total. The summed E-state index contributed by atoms with van der Waals surface area (Å²) < 4.78 is 7.38. The molecule has 1 fully saturated rings. The number of para-hydroxylation sites is 1. The number of likely N-dealkylation sites (N-methyl/N-ethyl adjacent to an activating group) is 1. The highest BCUT2D eigenvalue weighted by atomic mass is 16.5. The Morgan fingerprint density at radius 2 is 2.15 bits per heavy atom. The summed E-state index contributed by atoms with van der Waals surface area (Å²) >= 11 is 0. The number of rotatable bonds is 6. The van der Waals surface area contributed by atoms with Crippen LogP contribution >= 0.6 is 0 Å². The molecule has 0 bridgehead atoms. The summed E-state index contributed by atoms with van der Waals surface area (Å²) in [7, 11) is 1.73. The molecular weight excluding hydrogens is 336 g/mol. The van der Waals surface area contributed by atoms with Gasteiger partial charge >= 0.3 is 5.97 Å². The molecule has 1 saturated heterocycles. The number of amides is 1. The lowest BCUT2D eigenvalue weighted by Gasteiger charge is -2.35. The van der Waals surface area contributed by atoms with Crippen LogP contribution in [0.5, 0.6) is 0 Å². The van der Waals surface area contributed by atoms with Crippen LogP contribution in [0.2, 0.25) is 0 Å². The van der Waals surface area contributed by atoms with Gasteiger partial charge in [-0.3, -0.25) is 14.5 Å². The zero-order valence-corrected chi connectivity index (χ0v) is 14.6. The molecule has 1 aliphatic heterocycles. The van der Waals surface area contributed by atoms with Gasteiger partial charge in [0.1, 0.15) is 0 Å². The molecule has 1 aromatic carbocycles. The first-order chi connectivity index (χ1) is 12.5. The first-order valence-electron chi connectivity index (χ1n) is 8.45. The Morgan fingerprint density at radius 1 is 1.35 bits per heavy atom. The zero-order chi connectivity index (χ0) is 18.5. The Hall–Kier alpha value is -2.71. The van der Waals surface area contributed by atoms with Crippen molar-refractivity contribution >= 4 is 11.9 Å². The van der Waals surface area contributed by atoms with E-state index in [-0.39, 0.29) is 18.6 Å². The average Bonchev–Trinajstić information content (AvgIpc) is 3.15. The summed E-state index contributed by atoms with van der Waals surface area (Å²) in [6.45, 7) is 1.76. The number of benzene rings is 1.